The van der Waals surface area contributed by atoms with Crippen molar-refractivity contribution in [2.45, 2.75) is 19.4 Å². The van der Waals surface area contributed by atoms with E-state index in [9.17, 15) is 23.9 Å². The monoisotopic (exact) mass is 372 g/mol. The number of carboxylic acids is 1. The highest BCUT2D eigenvalue weighted by molar-refractivity contribution is 5.86. The number of nitrogens with one attached hydrogen (secondary N) is 2. The van der Waals surface area contributed by atoms with E-state index in [0.717, 1.165) is 0 Å². The van der Waals surface area contributed by atoms with Crippen molar-refractivity contribution in [2.75, 3.05) is 6.54 Å². The molecule has 0 aliphatic rings. The van der Waals surface area contributed by atoms with E-state index in [0.29, 0.717) is 11.1 Å². The van der Waals surface area contributed by atoms with Crippen LogP contribution >= 0.6 is 0 Å². The van der Waals surface area contributed by atoms with Gasteiger partial charge in [-0.15, -0.1) is 0 Å². The predicted molar refractivity (Wildman–Crippen MR) is 97.2 cm³/mol. The summed E-state index contributed by atoms with van der Waals surface area (Å²) in [5.41, 5.74) is 1.15. The van der Waals surface area contributed by atoms with Gasteiger partial charge in [0, 0.05) is 0 Å². The lowest BCUT2D eigenvalue weighted by Gasteiger charge is -2.23. The van der Waals surface area contributed by atoms with E-state index >= 15 is 0 Å². The fraction of sp³-hybridized carbons (Fsp3) is 0.250. The second kappa shape index (κ2) is 9.47. The van der Waals surface area contributed by atoms with Crippen molar-refractivity contribution >= 4 is 17.8 Å². The summed E-state index contributed by atoms with van der Waals surface area (Å²) in [5, 5.41) is 14.4. The smallest absolute Gasteiger partial charge is 0.308 e. The lowest BCUT2D eigenvalue weighted by Crippen LogP contribution is -2.42. The maximum Gasteiger partial charge on any atom is 0.308 e. The number of hydrogen-bond acceptors (Lipinski definition) is 3. The molecule has 27 heavy (non-hydrogen) atoms. The SMILES string of the molecule is CC(C(=O)O)C(NC(=O)CNC(=O)Cc1cccc(F)c1)c1ccccc1. The lowest BCUT2D eigenvalue weighted by atomic mass is 9.94. The minimum atomic E-state index is -1.04. The number of benzene rings is 2. The number of carbonyl (C=O) groups is 3. The maximum atomic E-state index is 13.1. The van der Waals surface area contributed by atoms with Gasteiger partial charge in [0.25, 0.3) is 0 Å². The zero-order valence-electron chi connectivity index (χ0n) is 14.8. The van der Waals surface area contributed by atoms with Crippen LogP contribution in [0, 0.1) is 11.7 Å². The Kier molecular flexibility index (Phi) is 7.05. The van der Waals surface area contributed by atoms with Crippen LogP contribution in [0.2, 0.25) is 0 Å². The molecule has 7 heteroatoms. The van der Waals surface area contributed by atoms with Gasteiger partial charge in [0.2, 0.25) is 11.8 Å². The first-order valence-corrected chi connectivity index (χ1v) is 8.45. The number of amides is 2. The third kappa shape index (κ3) is 6.22. The molecule has 0 aliphatic heterocycles. The van der Waals surface area contributed by atoms with E-state index < -0.39 is 35.6 Å². The summed E-state index contributed by atoms with van der Waals surface area (Å²) in [6, 6.07) is 13.7. The summed E-state index contributed by atoms with van der Waals surface area (Å²) < 4.78 is 13.1. The molecule has 0 aliphatic carbocycles. The topological polar surface area (TPSA) is 95.5 Å². The normalized spacial score (nSPS) is 12.7. The molecule has 2 aromatic carbocycles. The molecule has 0 radical (unpaired) electrons. The van der Waals surface area contributed by atoms with Crippen LogP contribution < -0.4 is 10.6 Å². The van der Waals surface area contributed by atoms with Gasteiger partial charge in [0.1, 0.15) is 5.82 Å². The Hall–Kier alpha value is -3.22. The second-order valence-electron chi connectivity index (χ2n) is 6.17. The van der Waals surface area contributed by atoms with Gasteiger partial charge in [-0.2, -0.15) is 0 Å². The van der Waals surface area contributed by atoms with Crippen LogP contribution in [0.3, 0.4) is 0 Å². The molecule has 0 spiro atoms. The predicted octanol–water partition coefficient (Wildman–Crippen LogP) is 2.06. The van der Waals surface area contributed by atoms with Gasteiger partial charge >= 0.3 is 5.97 Å². The Bertz CT molecular complexity index is 811. The molecule has 2 aromatic rings. The molecule has 0 aromatic heterocycles. The zero-order valence-corrected chi connectivity index (χ0v) is 14.8. The molecule has 0 bridgehead atoms. The van der Waals surface area contributed by atoms with Crippen LogP contribution in [0.5, 0.6) is 0 Å². The number of carboxylic acid groups (broad SMARTS) is 1. The summed E-state index contributed by atoms with van der Waals surface area (Å²) in [6.07, 6.45) is -0.0569. The molecule has 0 saturated heterocycles. The molecule has 0 heterocycles. The van der Waals surface area contributed by atoms with Crippen LogP contribution in [0.1, 0.15) is 24.1 Å². The van der Waals surface area contributed by atoms with Crippen LogP contribution in [0.25, 0.3) is 0 Å². The van der Waals surface area contributed by atoms with Gasteiger partial charge in [-0.05, 0) is 30.2 Å². The quantitative estimate of drug-likeness (QED) is 0.661. The van der Waals surface area contributed by atoms with Gasteiger partial charge in [-0.25, -0.2) is 4.39 Å². The zero-order chi connectivity index (χ0) is 19.8. The number of aliphatic carboxylic acids is 1. The molecular weight excluding hydrogens is 351 g/mol. The molecule has 0 fully saturated rings. The first kappa shape index (κ1) is 20.1. The van der Waals surface area contributed by atoms with Gasteiger partial charge in [-0.3, -0.25) is 14.4 Å². The number of halogens is 1. The third-order valence-corrected chi connectivity index (χ3v) is 4.06. The van der Waals surface area contributed by atoms with E-state index in [1.807, 2.05) is 0 Å². The number of hydrogen-bond donors (Lipinski definition) is 3. The first-order chi connectivity index (χ1) is 12.9. The molecule has 2 atom stereocenters. The Morgan fingerprint density at radius 1 is 1.04 bits per heavy atom. The minimum Gasteiger partial charge on any atom is -0.481 e. The summed E-state index contributed by atoms with van der Waals surface area (Å²) in [4.78, 5) is 35.4. The summed E-state index contributed by atoms with van der Waals surface area (Å²) >= 11 is 0. The van der Waals surface area contributed by atoms with Crippen molar-refractivity contribution in [3.8, 4) is 0 Å². The van der Waals surface area contributed by atoms with E-state index in [2.05, 4.69) is 10.6 Å². The van der Waals surface area contributed by atoms with Gasteiger partial charge in [0.15, 0.2) is 0 Å². The van der Waals surface area contributed by atoms with Crippen molar-refractivity contribution in [3.63, 3.8) is 0 Å². The van der Waals surface area contributed by atoms with Crippen LogP contribution in [-0.4, -0.2) is 29.4 Å². The van der Waals surface area contributed by atoms with Crippen molar-refractivity contribution in [2.24, 2.45) is 5.92 Å². The van der Waals surface area contributed by atoms with Gasteiger partial charge < -0.3 is 15.7 Å². The molecule has 2 unspecified atom stereocenters. The van der Waals surface area contributed by atoms with E-state index in [-0.39, 0.29) is 13.0 Å². The molecule has 2 rings (SSSR count). The van der Waals surface area contributed by atoms with Crippen LogP contribution in [0.4, 0.5) is 4.39 Å². The Morgan fingerprint density at radius 3 is 2.37 bits per heavy atom. The maximum absolute atomic E-state index is 13.1. The summed E-state index contributed by atoms with van der Waals surface area (Å²) in [5.74, 6) is -3.27. The largest absolute Gasteiger partial charge is 0.481 e. The van der Waals surface area contributed by atoms with Gasteiger partial charge in [-0.1, -0.05) is 42.5 Å². The van der Waals surface area contributed by atoms with Crippen molar-refractivity contribution < 1.29 is 23.9 Å². The van der Waals surface area contributed by atoms with Gasteiger partial charge in [0.05, 0.1) is 24.9 Å². The van der Waals surface area contributed by atoms with Crippen molar-refractivity contribution in [1.29, 1.82) is 0 Å². The fourth-order valence-corrected chi connectivity index (χ4v) is 2.60. The van der Waals surface area contributed by atoms with E-state index in [1.165, 1.54) is 25.1 Å². The third-order valence-electron chi connectivity index (χ3n) is 4.06. The molecular formula is C20H21FN2O4. The fourth-order valence-electron chi connectivity index (χ4n) is 2.60. The Labute approximate surface area is 156 Å². The van der Waals surface area contributed by atoms with Crippen LogP contribution in [-0.2, 0) is 20.8 Å². The standard InChI is InChI=1S/C20H21FN2O4/c1-13(20(26)27)19(15-7-3-2-4-8-15)23-18(25)12-22-17(24)11-14-6-5-9-16(21)10-14/h2-10,13,19H,11-12H2,1H3,(H,22,24)(H,23,25)(H,26,27). The van der Waals surface area contributed by atoms with Crippen LogP contribution in [0.15, 0.2) is 54.6 Å². The molecule has 0 saturated carbocycles. The Balaban J connectivity index is 1.93. The highest BCUT2D eigenvalue weighted by atomic mass is 19.1. The highest BCUT2D eigenvalue weighted by Crippen LogP contribution is 2.22. The second-order valence-corrected chi connectivity index (χ2v) is 6.17. The van der Waals surface area contributed by atoms with Crippen molar-refractivity contribution in [1.82, 2.24) is 10.6 Å². The number of carbonyl (C=O) groups excluding carboxylic acids is 2. The Morgan fingerprint density at radius 2 is 1.74 bits per heavy atom. The molecule has 142 valence electrons. The molecule has 3 N–H and O–H groups in total. The summed E-state index contributed by atoms with van der Waals surface area (Å²) in [7, 11) is 0. The molecule has 2 amide bonds. The van der Waals surface area contributed by atoms with E-state index in [1.54, 1.807) is 36.4 Å². The van der Waals surface area contributed by atoms with Crippen molar-refractivity contribution in [3.05, 3.63) is 71.5 Å². The molecule has 6 nitrogen and oxygen atoms in total. The first-order valence-electron chi connectivity index (χ1n) is 8.45. The lowest BCUT2D eigenvalue weighted by molar-refractivity contribution is -0.142. The average molecular weight is 372 g/mol. The average Bonchev–Trinajstić information content (AvgIpc) is 2.64. The van der Waals surface area contributed by atoms with E-state index in [4.69, 9.17) is 0 Å². The number of rotatable bonds is 8. The highest BCUT2D eigenvalue weighted by Gasteiger charge is 2.26. The minimum absolute atomic E-state index is 0.0569. The summed E-state index contributed by atoms with van der Waals surface area (Å²) in [6.45, 7) is 1.20.